The van der Waals surface area contributed by atoms with Gasteiger partial charge < -0.3 is 10.4 Å². The maximum Gasteiger partial charge on any atom is 0.310 e. The summed E-state index contributed by atoms with van der Waals surface area (Å²) >= 11 is 1.39. The Balaban J connectivity index is 2.21. The monoisotopic (exact) mass is 309 g/mol. The number of nitrogens with zero attached hydrogens (tertiary/aromatic N) is 2. The van der Waals surface area contributed by atoms with E-state index in [0.717, 1.165) is 0 Å². The molecule has 0 saturated carbocycles. The van der Waals surface area contributed by atoms with E-state index in [-0.39, 0.29) is 5.56 Å². The van der Waals surface area contributed by atoms with E-state index in [0.29, 0.717) is 17.2 Å². The van der Waals surface area contributed by atoms with Crippen molar-refractivity contribution in [3.8, 4) is 0 Å². The van der Waals surface area contributed by atoms with Crippen LogP contribution in [0.3, 0.4) is 0 Å². The zero-order valence-electron chi connectivity index (χ0n) is 12.5. The third kappa shape index (κ3) is 2.84. The molecule has 114 valence electrons. The highest BCUT2D eigenvalue weighted by Crippen LogP contribution is 2.30. The van der Waals surface area contributed by atoms with E-state index < -0.39 is 16.9 Å². The van der Waals surface area contributed by atoms with Crippen molar-refractivity contribution >= 4 is 22.3 Å². The third-order valence-corrected chi connectivity index (χ3v) is 4.92. The first-order valence-corrected chi connectivity index (χ1v) is 7.47. The van der Waals surface area contributed by atoms with Gasteiger partial charge in [0.1, 0.15) is 0 Å². The maximum absolute atomic E-state index is 11.9. The molecular weight excluding hydrogens is 290 g/mol. The van der Waals surface area contributed by atoms with Crippen molar-refractivity contribution in [3.63, 3.8) is 0 Å². The first-order valence-electron chi connectivity index (χ1n) is 6.59. The molecule has 0 fully saturated rings. The summed E-state index contributed by atoms with van der Waals surface area (Å²) < 4.78 is 1.49. The van der Waals surface area contributed by atoms with E-state index in [9.17, 15) is 14.7 Å². The number of hydrogen-bond donors (Lipinski definition) is 2. The number of hydrogen-bond acceptors (Lipinski definition) is 5. The smallest absolute Gasteiger partial charge is 0.310 e. The van der Waals surface area contributed by atoms with Crippen LogP contribution in [0.15, 0.2) is 22.4 Å². The number of thiazole rings is 1. The Morgan fingerprint density at radius 1 is 1.43 bits per heavy atom. The summed E-state index contributed by atoms with van der Waals surface area (Å²) in [6.45, 7) is 7.35. The lowest BCUT2D eigenvalue weighted by Crippen LogP contribution is -2.54. The number of aromatic nitrogens is 2. The molecule has 0 bridgehead atoms. The molecule has 0 unspecified atom stereocenters. The van der Waals surface area contributed by atoms with Crippen molar-refractivity contribution in [3.05, 3.63) is 33.7 Å². The Bertz CT molecular complexity index is 730. The molecule has 0 aliphatic rings. The number of nitrogens with one attached hydrogen (secondary N) is 1. The summed E-state index contributed by atoms with van der Waals surface area (Å²) in [6, 6.07) is 1.47. The van der Waals surface area contributed by atoms with E-state index in [4.69, 9.17) is 0 Å². The fourth-order valence-electron chi connectivity index (χ4n) is 1.78. The van der Waals surface area contributed by atoms with Gasteiger partial charge in [-0.15, -0.1) is 11.3 Å². The Kier molecular flexibility index (Phi) is 3.90. The molecule has 0 radical (unpaired) electrons. The Labute approximate surface area is 126 Å². The highest BCUT2D eigenvalue weighted by Gasteiger charge is 2.43. The van der Waals surface area contributed by atoms with Crippen molar-refractivity contribution in [1.82, 2.24) is 14.7 Å². The minimum absolute atomic E-state index is 0.131. The molecular formula is C14H19N3O3S. The van der Waals surface area contributed by atoms with Gasteiger partial charge in [0, 0.05) is 29.7 Å². The normalized spacial score (nSPS) is 12.8. The minimum Gasteiger partial charge on any atom is -0.481 e. The second-order valence-electron chi connectivity index (χ2n) is 6.05. The van der Waals surface area contributed by atoms with Crippen molar-refractivity contribution in [2.75, 3.05) is 0 Å². The standard InChI is InChI=1S/C14H19N3O3S/c1-13(2,11(19)20)14(3,4)15-8-9-7-10(18)17-5-6-21-12(17)16-9/h5-7,15H,8H2,1-4H3,(H,19,20). The first-order chi connectivity index (χ1) is 9.65. The Morgan fingerprint density at radius 3 is 2.71 bits per heavy atom. The van der Waals surface area contributed by atoms with Crippen LogP contribution in [-0.4, -0.2) is 26.0 Å². The fourth-order valence-corrected chi connectivity index (χ4v) is 2.52. The zero-order valence-corrected chi connectivity index (χ0v) is 13.3. The maximum atomic E-state index is 11.9. The summed E-state index contributed by atoms with van der Waals surface area (Å²) in [5.74, 6) is -0.873. The average Bonchev–Trinajstić information content (AvgIpc) is 2.85. The number of fused-ring (bicyclic) bond motifs is 1. The van der Waals surface area contributed by atoms with Gasteiger partial charge >= 0.3 is 5.97 Å². The SMILES string of the molecule is CC(C)(NCc1cc(=O)n2ccsc2n1)C(C)(C)C(=O)O. The number of carbonyl (C=O) groups is 1. The molecule has 7 heteroatoms. The van der Waals surface area contributed by atoms with Gasteiger partial charge in [-0.25, -0.2) is 4.98 Å². The van der Waals surface area contributed by atoms with Gasteiger partial charge in [-0.05, 0) is 27.7 Å². The summed E-state index contributed by atoms with van der Waals surface area (Å²) in [7, 11) is 0. The van der Waals surface area contributed by atoms with Gasteiger partial charge in [-0.1, -0.05) is 0 Å². The first kappa shape index (κ1) is 15.7. The van der Waals surface area contributed by atoms with Crippen LogP contribution in [0, 0.1) is 5.41 Å². The van der Waals surface area contributed by atoms with E-state index >= 15 is 0 Å². The van der Waals surface area contributed by atoms with Gasteiger partial charge in [0.2, 0.25) is 0 Å². The van der Waals surface area contributed by atoms with E-state index in [1.54, 1.807) is 25.4 Å². The predicted octanol–water partition coefficient (Wildman–Crippen LogP) is 1.73. The number of carboxylic acids is 1. The molecule has 21 heavy (non-hydrogen) atoms. The summed E-state index contributed by atoms with van der Waals surface area (Å²) in [5, 5.41) is 14.3. The molecule has 0 aliphatic carbocycles. The summed E-state index contributed by atoms with van der Waals surface area (Å²) in [6.07, 6.45) is 1.68. The highest BCUT2D eigenvalue weighted by atomic mass is 32.1. The molecule has 0 atom stereocenters. The number of rotatable bonds is 5. The minimum atomic E-state index is -0.949. The largest absolute Gasteiger partial charge is 0.481 e. The van der Waals surface area contributed by atoms with Gasteiger partial charge in [-0.2, -0.15) is 0 Å². The van der Waals surface area contributed by atoms with Crippen LogP contribution in [0.4, 0.5) is 0 Å². The fraction of sp³-hybridized carbons (Fsp3) is 0.500. The Morgan fingerprint density at radius 2 is 2.10 bits per heavy atom. The van der Waals surface area contributed by atoms with E-state index in [1.807, 2.05) is 13.8 Å². The molecule has 2 aromatic heterocycles. The van der Waals surface area contributed by atoms with Gasteiger partial charge in [0.05, 0.1) is 11.1 Å². The lowest BCUT2D eigenvalue weighted by atomic mass is 9.74. The zero-order chi connectivity index (χ0) is 15.8. The van der Waals surface area contributed by atoms with Crippen LogP contribution in [0.1, 0.15) is 33.4 Å². The van der Waals surface area contributed by atoms with Crippen LogP contribution in [0.2, 0.25) is 0 Å². The molecule has 0 spiro atoms. The quantitative estimate of drug-likeness (QED) is 0.879. The lowest BCUT2D eigenvalue weighted by Gasteiger charge is -2.39. The molecule has 0 aromatic carbocycles. The van der Waals surface area contributed by atoms with Gasteiger partial charge in [0.25, 0.3) is 5.56 Å². The molecule has 0 aliphatic heterocycles. The molecule has 0 amide bonds. The van der Waals surface area contributed by atoms with Crippen molar-refractivity contribution in [1.29, 1.82) is 0 Å². The van der Waals surface area contributed by atoms with Crippen molar-refractivity contribution in [2.45, 2.75) is 39.8 Å². The molecule has 2 N–H and O–H groups in total. The highest BCUT2D eigenvalue weighted by molar-refractivity contribution is 7.15. The predicted molar refractivity (Wildman–Crippen MR) is 81.7 cm³/mol. The van der Waals surface area contributed by atoms with Gasteiger partial charge in [-0.3, -0.25) is 14.0 Å². The number of aliphatic carboxylic acids is 1. The van der Waals surface area contributed by atoms with Crippen LogP contribution in [-0.2, 0) is 11.3 Å². The lowest BCUT2D eigenvalue weighted by molar-refractivity contribution is -0.151. The summed E-state index contributed by atoms with van der Waals surface area (Å²) in [4.78, 5) is 28.3. The van der Waals surface area contributed by atoms with Crippen molar-refractivity contribution in [2.24, 2.45) is 5.41 Å². The summed E-state index contributed by atoms with van der Waals surface area (Å²) in [5.41, 5.74) is -1.12. The Hall–Kier alpha value is -1.73. The average molecular weight is 309 g/mol. The van der Waals surface area contributed by atoms with Crippen LogP contribution < -0.4 is 10.9 Å². The molecule has 0 saturated heterocycles. The van der Waals surface area contributed by atoms with Crippen molar-refractivity contribution < 1.29 is 9.90 Å². The van der Waals surface area contributed by atoms with Crippen LogP contribution >= 0.6 is 11.3 Å². The molecule has 2 rings (SSSR count). The molecule has 6 nitrogen and oxygen atoms in total. The molecule has 2 aromatic rings. The molecule has 2 heterocycles. The second kappa shape index (κ2) is 5.23. The topological polar surface area (TPSA) is 83.7 Å². The van der Waals surface area contributed by atoms with E-state index in [1.165, 1.54) is 21.8 Å². The van der Waals surface area contributed by atoms with Crippen LogP contribution in [0.5, 0.6) is 0 Å². The second-order valence-corrected chi connectivity index (χ2v) is 6.92. The van der Waals surface area contributed by atoms with Crippen LogP contribution in [0.25, 0.3) is 4.96 Å². The van der Waals surface area contributed by atoms with Gasteiger partial charge in [0.15, 0.2) is 4.96 Å². The number of carboxylic acid groups (broad SMARTS) is 1. The van der Waals surface area contributed by atoms with E-state index in [2.05, 4.69) is 10.3 Å². The third-order valence-electron chi connectivity index (χ3n) is 4.16.